The maximum Gasteiger partial charge on any atom is 0.268 e. The van der Waals surface area contributed by atoms with Crippen LogP contribution in [-0.4, -0.2) is 26.6 Å². The van der Waals surface area contributed by atoms with E-state index in [4.69, 9.17) is 5.53 Å². The average Bonchev–Trinajstić information content (AvgIpc) is 3.13. The van der Waals surface area contributed by atoms with Crippen molar-refractivity contribution in [1.82, 2.24) is 14.8 Å². The first-order chi connectivity index (χ1) is 10.6. The fraction of sp³-hybridized carbons (Fsp3) is 0.0769. The highest BCUT2D eigenvalue weighted by Gasteiger charge is 2.12. The summed E-state index contributed by atoms with van der Waals surface area (Å²) in [6, 6.07) is 5.40. The second-order valence-corrected chi connectivity index (χ2v) is 5.24. The van der Waals surface area contributed by atoms with Gasteiger partial charge in [0.25, 0.3) is 5.91 Å². The van der Waals surface area contributed by atoms with Crippen molar-refractivity contribution in [3.63, 3.8) is 0 Å². The third-order valence-corrected chi connectivity index (χ3v) is 3.86. The molecular formula is C13H8N6O2S. The second kappa shape index (κ2) is 5.40. The van der Waals surface area contributed by atoms with Crippen molar-refractivity contribution in [3.05, 3.63) is 45.9 Å². The largest absolute Gasteiger partial charge is 0.285 e. The van der Waals surface area contributed by atoms with Gasteiger partial charge in [0, 0.05) is 28.2 Å². The molecule has 0 atom stereocenters. The number of carbonyl (C=O) groups is 2. The van der Waals surface area contributed by atoms with Crippen LogP contribution in [0, 0.1) is 0 Å². The molecule has 0 N–H and O–H groups in total. The van der Waals surface area contributed by atoms with E-state index < -0.39 is 5.91 Å². The first kappa shape index (κ1) is 13.9. The molecule has 3 rings (SSSR count). The topological polar surface area (TPSA) is 114 Å². The molecule has 0 aliphatic heterocycles. The molecule has 0 aliphatic rings. The van der Waals surface area contributed by atoms with Crippen molar-refractivity contribution in [3.8, 4) is 10.6 Å². The van der Waals surface area contributed by atoms with Gasteiger partial charge >= 0.3 is 0 Å². The maximum absolute atomic E-state index is 11.5. The minimum absolute atomic E-state index is 0.109. The molecule has 8 nitrogen and oxygen atoms in total. The Bertz CT molecular complexity index is 951. The monoisotopic (exact) mass is 312 g/mol. The Labute approximate surface area is 127 Å². The summed E-state index contributed by atoms with van der Waals surface area (Å²) in [5, 5.41) is 9.99. The molecule has 22 heavy (non-hydrogen) atoms. The number of carbonyl (C=O) groups excluding carboxylic acids is 2. The van der Waals surface area contributed by atoms with Crippen molar-refractivity contribution in [2.24, 2.45) is 5.11 Å². The Balaban J connectivity index is 2.02. The van der Waals surface area contributed by atoms with Gasteiger partial charge in [0.05, 0.1) is 11.7 Å². The molecule has 1 amide bonds. The fourth-order valence-electron chi connectivity index (χ4n) is 2.01. The van der Waals surface area contributed by atoms with Crippen LogP contribution in [0.5, 0.6) is 0 Å². The van der Waals surface area contributed by atoms with Gasteiger partial charge in [0.2, 0.25) is 5.91 Å². The second-order valence-electron chi connectivity index (χ2n) is 4.38. The van der Waals surface area contributed by atoms with Gasteiger partial charge in [0.1, 0.15) is 10.7 Å². The Morgan fingerprint density at radius 2 is 2.23 bits per heavy atom. The number of nitrogens with zero attached hydrogens (tertiary/aromatic N) is 6. The zero-order chi connectivity index (χ0) is 15.7. The Morgan fingerprint density at radius 3 is 2.95 bits per heavy atom. The smallest absolute Gasteiger partial charge is 0.268 e. The lowest BCUT2D eigenvalue weighted by molar-refractivity contribution is 0.0926. The van der Waals surface area contributed by atoms with Crippen LogP contribution >= 0.6 is 11.3 Å². The number of amides is 1. The van der Waals surface area contributed by atoms with Gasteiger partial charge in [-0.05, 0) is 28.8 Å². The molecule has 2 aromatic heterocycles. The molecule has 1 aromatic carbocycles. The summed E-state index contributed by atoms with van der Waals surface area (Å²) < 4.78 is 1.32. The minimum Gasteiger partial charge on any atom is -0.285 e. The predicted molar refractivity (Wildman–Crippen MR) is 80.6 cm³/mol. The summed E-state index contributed by atoms with van der Waals surface area (Å²) in [5.41, 5.74) is 9.87. The molecule has 0 bridgehead atoms. The van der Waals surface area contributed by atoms with Crippen LogP contribution in [0.15, 0.2) is 34.9 Å². The normalized spacial score (nSPS) is 10.4. The summed E-state index contributed by atoms with van der Waals surface area (Å²) in [6.07, 6.45) is 1.60. The molecular weight excluding hydrogens is 304 g/mol. The molecule has 108 valence electrons. The lowest BCUT2D eigenvalue weighted by atomic mass is 10.2. The number of hydrogen-bond donors (Lipinski definition) is 0. The lowest BCUT2D eigenvalue weighted by Crippen LogP contribution is -2.06. The molecule has 0 unspecified atom stereocenters. The third-order valence-electron chi connectivity index (χ3n) is 2.97. The van der Waals surface area contributed by atoms with Gasteiger partial charge in [-0.1, -0.05) is 0 Å². The molecule has 0 fully saturated rings. The molecule has 0 aliphatic carbocycles. The van der Waals surface area contributed by atoms with Gasteiger partial charge < -0.3 is 0 Å². The van der Waals surface area contributed by atoms with Gasteiger partial charge in [-0.2, -0.15) is 5.10 Å². The van der Waals surface area contributed by atoms with Gasteiger partial charge in [-0.25, -0.2) is 9.67 Å². The van der Waals surface area contributed by atoms with E-state index in [9.17, 15) is 9.59 Å². The number of thiazole rings is 1. The quantitative estimate of drug-likeness (QED) is 0.410. The maximum atomic E-state index is 11.5. The first-order valence-corrected chi connectivity index (χ1v) is 7.02. The van der Waals surface area contributed by atoms with Crippen LogP contribution in [0.3, 0.4) is 0 Å². The molecule has 0 spiro atoms. The van der Waals surface area contributed by atoms with E-state index in [0.717, 1.165) is 10.9 Å². The van der Waals surface area contributed by atoms with Crippen LogP contribution in [0.2, 0.25) is 0 Å². The molecule has 0 saturated heterocycles. The van der Waals surface area contributed by atoms with Crippen LogP contribution in [0.1, 0.15) is 22.2 Å². The summed E-state index contributed by atoms with van der Waals surface area (Å²) in [7, 11) is 0. The van der Waals surface area contributed by atoms with E-state index >= 15 is 0 Å². The van der Waals surface area contributed by atoms with Crippen molar-refractivity contribution in [2.75, 3.05) is 0 Å². The minimum atomic E-state index is -0.713. The van der Waals surface area contributed by atoms with Crippen molar-refractivity contribution in [1.29, 1.82) is 0 Å². The lowest BCUT2D eigenvalue weighted by Gasteiger charge is -1.99. The van der Waals surface area contributed by atoms with E-state index in [1.807, 2.05) is 6.07 Å². The number of hydrogen-bond acceptors (Lipinski definition) is 5. The SMILES string of the molecule is CC(=O)n1ncc2cc(-c3nc(C(=O)N=[N+]=[N-])cs3)ccc21. The van der Waals surface area contributed by atoms with E-state index in [2.05, 4.69) is 20.1 Å². The Kier molecular flexibility index (Phi) is 3.42. The van der Waals surface area contributed by atoms with Crippen LogP contribution in [0.25, 0.3) is 31.9 Å². The van der Waals surface area contributed by atoms with Crippen molar-refractivity contribution in [2.45, 2.75) is 6.92 Å². The number of aromatic nitrogens is 3. The van der Waals surface area contributed by atoms with Gasteiger partial charge in [-0.15, -0.1) is 11.3 Å². The van der Waals surface area contributed by atoms with E-state index in [0.29, 0.717) is 10.5 Å². The third kappa shape index (κ3) is 2.34. The van der Waals surface area contributed by atoms with E-state index in [-0.39, 0.29) is 11.6 Å². The van der Waals surface area contributed by atoms with Gasteiger partial charge in [-0.3, -0.25) is 9.59 Å². The zero-order valence-corrected chi connectivity index (χ0v) is 12.1. The molecule has 9 heteroatoms. The Morgan fingerprint density at radius 1 is 1.41 bits per heavy atom. The highest BCUT2D eigenvalue weighted by Crippen LogP contribution is 2.27. The number of azide groups is 1. The number of fused-ring (bicyclic) bond motifs is 1. The molecule has 0 radical (unpaired) electrons. The van der Waals surface area contributed by atoms with Crippen LogP contribution in [-0.2, 0) is 0 Å². The predicted octanol–water partition coefficient (Wildman–Crippen LogP) is 3.27. The Hall–Kier alpha value is -3.03. The van der Waals surface area contributed by atoms with Gasteiger partial charge in [0.15, 0.2) is 0 Å². The fourth-order valence-corrected chi connectivity index (χ4v) is 2.80. The van der Waals surface area contributed by atoms with Crippen LogP contribution in [0.4, 0.5) is 0 Å². The highest BCUT2D eigenvalue weighted by molar-refractivity contribution is 7.13. The highest BCUT2D eigenvalue weighted by atomic mass is 32.1. The van der Waals surface area contributed by atoms with E-state index in [1.54, 1.807) is 18.3 Å². The van der Waals surface area contributed by atoms with Crippen molar-refractivity contribution < 1.29 is 9.59 Å². The molecule has 3 aromatic rings. The molecule has 0 saturated carbocycles. The first-order valence-electron chi connectivity index (χ1n) is 6.14. The molecule has 2 heterocycles. The summed E-state index contributed by atoms with van der Waals surface area (Å²) in [4.78, 5) is 29.5. The number of benzene rings is 1. The van der Waals surface area contributed by atoms with Crippen molar-refractivity contribution >= 4 is 34.1 Å². The van der Waals surface area contributed by atoms with E-state index in [1.165, 1.54) is 28.3 Å². The standard InChI is InChI=1S/C13H8N6O2S/c1-7(20)19-11-3-2-8(4-9(11)5-15-19)13-16-10(6-22-13)12(21)17-18-14/h2-6H,1H3. The number of rotatable bonds is 2. The van der Waals surface area contributed by atoms with Crippen LogP contribution < -0.4 is 0 Å². The average molecular weight is 312 g/mol. The summed E-state index contributed by atoms with van der Waals surface area (Å²) in [6.45, 7) is 1.44. The summed E-state index contributed by atoms with van der Waals surface area (Å²) >= 11 is 1.27. The summed E-state index contributed by atoms with van der Waals surface area (Å²) in [5.74, 6) is -0.880. The zero-order valence-electron chi connectivity index (χ0n) is 11.3.